The van der Waals surface area contributed by atoms with E-state index in [2.05, 4.69) is 0 Å². The number of halogens is 4. The lowest BCUT2D eigenvalue weighted by Crippen LogP contribution is -2.35. The van der Waals surface area contributed by atoms with Crippen LogP contribution in [0.4, 0.5) is 13.2 Å². The minimum atomic E-state index is -4.57. The van der Waals surface area contributed by atoms with Crippen LogP contribution in [0.25, 0.3) is 0 Å². The number of nitro groups is 1. The fraction of sp³-hybridized carbons (Fsp3) is 0.267. The van der Waals surface area contributed by atoms with Gasteiger partial charge in [-0.15, -0.1) is 0 Å². The molecule has 1 aromatic rings. The van der Waals surface area contributed by atoms with Gasteiger partial charge in [0.1, 0.15) is 11.5 Å². The molecule has 0 heterocycles. The smallest absolute Gasteiger partial charge is 0.416 e. The van der Waals surface area contributed by atoms with Gasteiger partial charge in [0.05, 0.1) is 15.5 Å². The van der Waals surface area contributed by atoms with Crippen molar-refractivity contribution in [3.63, 3.8) is 0 Å². The number of ether oxygens (including phenoxy) is 1. The number of hydrogen-bond donors (Lipinski definition) is 1. The Labute approximate surface area is 144 Å². The van der Waals surface area contributed by atoms with Crippen molar-refractivity contribution in [2.24, 2.45) is 5.41 Å². The van der Waals surface area contributed by atoms with Crippen LogP contribution in [0.1, 0.15) is 18.9 Å². The van der Waals surface area contributed by atoms with Gasteiger partial charge in [-0.25, -0.2) is 0 Å². The first-order valence-corrected chi connectivity index (χ1v) is 7.16. The molecule has 10 heteroatoms. The van der Waals surface area contributed by atoms with Crippen LogP contribution in [0.5, 0.6) is 5.75 Å². The van der Waals surface area contributed by atoms with Crippen molar-refractivity contribution >= 4 is 17.6 Å². The predicted octanol–water partition coefficient (Wildman–Crippen LogP) is 4.28. The summed E-state index contributed by atoms with van der Waals surface area (Å²) >= 11 is 5.78. The van der Waals surface area contributed by atoms with Crippen molar-refractivity contribution in [3.8, 4) is 5.75 Å². The Morgan fingerprint density at radius 1 is 1.40 bits per heavy atom. The van der Waals surface area contributed by atoms with E-state index >= 15 is 0 Å². The van der Waals surface area contributed by atoms with Crippen molar-refractivity contribution in [3.05, 3.63) is 62.5 Å². The van der Waals surface area contributed by atoms with E-state index in [-0.39, 0.29) is 23.0 Å². The predicted molar refractivity (Wildman–Crippen MR) is 80.6 cm³/mol. The third-order valence-corrected chi connectivity index (χ3v) is 3.98. The number of carboxylic acid groups (broad SMARTS) is 1. The Hall–Kier alpha value is -2.55. The molecule has 1 aliphatic rings. The largest absolute Gasteiger partial charge is 0.480 e. The molecule has 0 aromatic heterocycles. The zero-order valence-electron chi connectivity index (χ0n) is 12.6. The fourth-order valence-corrected chi connectivity index (χ4v) is 2.49. The van der Waals surface area contributed by atoms with Crippen LogP contribution in [-0.2, 0) is 11.0 Å². The molecule has 1 aromatic carbocycles. The van der Waals surface area contributed by atoms with Gasteiger partial charge >= 0.3 is 12.1 Å². The molecule has 0 spiro atoms. The molecular weight excluding hydrogens is 367 g/mol. The molecule has 1 aliphatic carbocycles. The molecule has 1 unspecified atom stereocenters. The van der Waals surface area contributed by atoms with E-state index in [4.69, 9.17) is 16.3 Å². The first kappa shape index (κ1) is 18.8. The zero-order chi connectivity index (χ0) is 19.0. The van der Waals surface area contributed by atoms with Crippen LogP contribution in [0.3, 0.4) is 0 Å². The molecule has 134 valence electrons. The first-order chi connectivity index (χ1) is 11.4. The molecule has 0 aliphatic heterocycles. The summed E-state index contributed by atoms with van der Waals surface area (Å²) < 4.78 is 43.2. The summed E-state index contributed by atoms with van der Waals surface area (Å²) in [6.07, 6.45) is -2.74. The Bertz CT molecular complexity index is 803. The highest BCUT2D eigenvalue weighted by Crippen LogP contribution is 2.40. The number of alkyl halides is 3. The van der Waals surface area contributed by atoms with Gasteiger partial charge in [0.2, 0.25) is 0 Å². The highest BCUT2D eigenvalue weighted by Gasteiger charge is 2.48. The van der Waals surface area contributed by atoms with Gasteiger partial charge in [-0.3, -0.25) is 14.9 Å². The maximum absolute atomic E-state index is 12.6. The summed E-state index contributed by atoms with van der Waals surface area (Å²) in [5.41, 5.74) is -3.33. The SMILES string of the molecule is CC1(C(=O)O)CC(Oc2ccc(C(F)(F)F)cc2Cl)=CC=C1[N+](=O)[O-]. The van der Waals surface area contributed by atoms with Crippen molar-refractivity contribution < 1.29 is 32.7 Å². The maximum Gasteiger partial charge on any atom is 0.416 e. The van der Waals surface area contributed by atoms with E-state index in [0.29, 0.717) is 6.07 Å². The highest BCUT2D eigenvalue weighted by atomic mass is 35.5. The standard InChI is InChI=1S/C15H11ClF3NO5/c1-14(13(21)22)7-9(3-5-12(14)20(23)24)25-11-4-2-8(6-10(11)16)15(17,18)19/h2-6H,7H2,1H3,(H,21,22). The number of carboxylic acids is 1. The van der Waals surface area contributed by atoms with E-state index in [0.717, 1.165) is 25.1 Å². The molecule has 1 N–H and O–H groups in total. The number of nitrogens with zero attached hydrogens (tertiary/aromatic N) is 1. The van der Waals surface area contributed by atoms with E-state index in [1.54, 1.807) is 0 Å². The van der Waals surface area contributed by atoms with E-state index in [1.165, 1.54) is 6.08 Å². The van der Waals surface area contributed by atoms with Gasteiger partial charge in [0, 0.05) is 12.5 Å². The normalized spacial score (nSPS) is 20.5. The average Bonchev–Trinajstić information content (AvgIpc) is 2.47. The van der Waals surface area contributed by atoms with Gasteiger partial charge in [0.25, 0.3) is 5.70 Å². The van der Waals surface area contributed by atoms with E-state index in [1.807, 2.05) is 0 Å². The Kier molecular flexibility index (Phi) is 4.81. The number of aliphatic carboxylic acids is 1. The quantitative estimate of drug-likeness (QED) is 0.625. The lowest BCUT2D eigenvalue weighted by molar-refractivity contribution is -0.438. The van der Waals surface area contributed by atoms with Crippen LogP contribution in [-0.4, -0.2) is 16.0 Å². The summed E-state index contributed by atoms with van der Waals surface area (Å²) in [6, 6.07) is 2.44. The van der Waals surface area contributed by atoms with Gasteiger partial charge < -0.3 is 9.84 Å². The number of benzene rings is 1. The highest BCUT2D eigenvalue weighted by molar-refractivity contribution is 6.32. The van der Waals surface area contributed by atoms with E-state index in [9.17, 15) is 33.2 Å². The molecule has 25 heavy (non-hydrogen) atoms. The zero-order valence-corrected chi connectivity index (χ0v) is 13.4. The van der Waals surface area contributed by atoms with Crippen molar-refractivity contribution in [1.82, 2.24) is 0 Å². The molecular formula is C15H11ClF3NO5. The second kappa shape index (κ2) is 6.40. The van der Waals surface area contributed by atoms with Crippen molar-refractivity contribution in [2.45, 2.75) is 19.5 Å². The average molecular weight is 378 g/mol. The van der Waals surface area contributed by atoms with Gasteiger partial charge in [-0.05, 0) is 31.2 Å². The van der Waals surface area contributed by atoms with Crippen molar-refractivity contribution in [2.75, 3.05) is 0 Å². The molecule has 0 fully saturated rings. The van der Waals surface area contributed by atoms with Crippen LogP contribution >= 0.6 is 11.6 Å². The number of allylic oxidation sites excluding steroid dienone is 3. The third kappa shape index (κ3) is 3.76. The molecule has 0 radical (unpaired) electrons. The lowest BCUT2D eigenvalue weighted by Gasteiger charge is -2.26. The minimum Gasteiger partial charge on any atom is -0.480 e. The Morgan fingerprint density at radius 2 is 2.04 bits per heavy atom. The van der Waals surface area contributed by atoms with Crippen molar-refractivity contribution in [1.29, 1.82) is 0 Å². The van der Waals surface area contributed by atoms with E-state index < -0.39 is 33.7 Å². The summed E-state index contributed by atoms with van der Waals surface area (Å²) in [7, 11) is 0. The molecule has 2 rings (SSSR count). The number of rotatable bonds is 4. The maximum atomic E-state index is 12.6. The summed E-state index contributed by atoms with van der Waals surface area (Å²) in [6.45, 7) is 1.16. The van der Waals surface area contributed by atoms with Gasteiger partial charge in [0.15, 0.2) is 5.41 Å². The third-order valence-electron chi connectivity index (χ3n) is 3.69. The molecule has 1 atom stereocenters. The second-order valence-electron chi connectivity index (χ2n) is 5.50. The van der Waals surface area contributed by atoms with Crippen LogP contribution < -0.4 is 4.74 Å². The molecule has 0 amide bonds. The minimum absolute atomic E-state index is 0.0251. The number of hydrogen-bond acceptors (Lipinski definition) is 4. The monoisotopic (exact) mass is 377 g/mol. The molecule has 0 bridgehead atoms. The Morgan fingerprint density at radius 3 is 2.52 bits per heavy atom. The first-order valence-electron chi connectivity index (χ1n) is 6.79. The second-order valence-corrected chi connectivity index (χ2v) is 5.91. The molecule has 0 saturated heterocycles. The number of carbonyl (C=O) groups is 1. The summed E-state index contributed by atoms with van der Waals surface area (Å²) in [5, 5.41) is 20.0. The fourth-order valence-electron chi connectivity index (χ4n) is 2.27. The van der Waals surface area contributed by atoms with Crippen LogP contribution in [0.15, 0.2) is 41.8 Å². The van der Waals surface area contributed by atoms with Gasteiger partial charge in [-0.2, -0.15) is 13.2 Å². The van der Waals surface area contributed by atoms with Crippen LogP contribution in [0, 0.1) is 15.5 Å². The molecule has 6 nitrogen and oxygen atoms in total. The van der Waals surface area contributed by atoms with Gasteiger partial charge in [-0.1, -0.05) is 11.6 Å². The molecule has 0 saturated carbocycles. The topological polar surface area (TPSA) is 89.7 Å². The Balaban J connectivity index is 2.33. The summed E-state index contributed by atoms with van der Waals surface area (Å²) in [4.78, 5) is 21.6. The van der Waals surface area contributed by atoms with Crippen LogP contribution in [0.2, 0.25) is 5.02 Å². The lowest BCUT2D eigenvalue weighted by atomic mass is 9.80. The summed E-state index contributed by atoms with van der Waals surface area (Å²) in [5.74, 6) is -1.52.